The Morgan fingerprint density at radius 1 is 1.03 bits per heavy atom. The number of hydrogen-bond acceptors (Lipinski definition) is 4. The summed E-state index contributed by atoms with van der Waals surface area (Å²) in [6, 6.07) is 12.8. The van der Waals surface area contributed by atoms with Crippen LogP contribution in [0.4, 0.5) is 0 Å². The SMILES string of the molecule is CN=C(NCCc1ccc(S(N)(=O)=O)cc1)NCCc1ccc(C)c(OC)c1.I. The van der Waals surface area contributed by atoms with Crippen molar-refractivity contribution in [2.24, 2.45) is 10.1 Å². The molecule has 2 aromatic carbocycles. The molecule has 0 unspecified atom stereocenters. The van der Waals surface area contributed by atoms with E-state index in [4.69, 9.17) is 9.88 Å². The van der Waals surface area contributed by atoms with Gasteiger partial charge in [-0.2, -0.15) is 0 Å². The molecule has 2 aromatic rings. The van der Waals surface area contributed by atoms with E-state index in [1.807, 2.05) is 6.92 Å². The van der Waals surface area contributed by atoms with Gasteiger partial charge in [0.05, 0.1) is 12.0 Å². The van der Waals surface area contributed by atoms with E-state index in [1.54, 1.807) is 26.3 Å². The summed E-state index contributed by atoms with van der Waals surface area (Å²) >= 11 is 0. The summed E-state index contributed by atoms with van der Waals surface area (Å²) < 4.78 is 27.9. The molecule has 0 saturated heterocycles. The van der Waals surface area contributed by atoms with Crippen molar-refractivity contribution in [3.63, 3.8) is 0 Å². The molecule has 9 heteroatoms. The van der Waals surface area contributed by atoms with Gasteiger partial charge in [-0.05, 0) is 54.7 Å². The lowest BCUT2D eigenvalue weighted by atomic mass is 10.1. The topological polar surface area (TPSA) is 106 Å². The Balaban J connectivity index is 0.00000420. The van der Waals surface area contributed by atoms with E-state index >= 15 is 0 Å². The minimum atomic E-state index is -3.65. The molecule has 7 nitrogen and oxygen atoms in total. The van der Waals surface area contributed by atoms with Crippen LogP contribution in [0.15, 0.2) is 52.4 Å². The second-order valence-corrected chi connectivity index (χ2v) is 7.98. The van der Waals surface area contributed by atoms with Crippen LogP contribution in [0.5, 0.6) is 5.75 Å². The molecule has 0 heterocycles. The first-order chi connectivity index (χ1) is 13.3. The number of hydrogen-bond donors (Lipinski definition) is 3. The van der Waals surface area contributed by atoms with Crippen LogP contribution < -0.4 is 20.5 Å². The number of nitrogens with one attached hydrogen (secondary N) is 2. The van der Waals surface area contributed by atoms with E-state index in [2.05, 4.69) is 33.8 Å². The van der Waals surface area contributed by atoms with Crippen LogP contribution in [0.2, 0.25) is 0 Å². The van der Waals surface area contributed by atoms with Crippen LogP contribution in [0.1, 0.15) is 16.7 Å². The molecule has 29 heavy (non-hydrogen) atoms. The van der Waals surface area contributed by atoms with Gasteiger partial charge in [-0.25, -0.2) is 13.6 Å². The highest BCUT2D eigenvalue weighted by atomic mass is 127. The molecule has 0 amide bonds. The van der Waals surface area contributed by atoms with Gasteiger partial charge in [-0.3, -0.25) is 4.99 Å². The number of aliphatic imine (C=N–C) groups is 1. The largest absolute Gasteiger partial charge is 0.496 e. The van der Waals surface area contributed by atoms with Gasteiger partial charge < -0.3 is 15.4 Å². The van der Waals surface area contributed by atoms with Crippen molar-refractivity contribution in [2.75, 3.05) is 27.2 Å². The highest BCUT2D eigenvalue weighted by Gasteiger charge is 2.07. The van der Waals surface area contributed by atoms with Gasteiger partial charge in [-0.15, -0.1) is 24.0 Å². The minimum absolute atomic E-state index is 0. The zero-order valence-corrected chi connectivity index (χ0v) is 20.1. The van der Waals surface area contributed by atoms with Crippen LogP contribution in [-0.2, 0) is 22.9 Å². The second kappa shape index (κ2) is 12.0. The lowest BCUT2D eigenvalue weighted by Crippen LogP contribution is -2.39. The number of methoxy groups -OCH3 is 1. The summed E-state index contributed by atoms with van der Waals surface area (Å²) in [5, 5.41) is 11.6. The number of primary sulfonamides is 1. The molecule has 0 atom stereocenters. The van der Waals surface area contributed by atoms with Gasteiger partial charge in [0.1, 0.15) is 5.75 Å². The van der Waals surface area contributed by atoms with Crippen LogP contribution in [-0.4, -0.2) is 41.6 Å². The molecule has 0 radical (unpaired) electrons. The maximum absolute atomic E-state index is 11.3. The molecular weight excluding hydrogens is 503 g/mol. The normalized spacial score (nSPS) is 11.5. The zero-order chi connectivity index (χ0) is 20.6. The fourth-order valence-corrected chi connectivity index (χ4v) is 3.25. The van der Waals surface area contributed by atoms with E-state index in [9.17, 15) is 8.42 Å². The van der Waals surface area contributed by atoms with Crippen molar-refractivity contribution >= 4 is 40.0 Å². The maximum atomic E-state index is 11.3. The second-order valence-electron chi connectivity index (χ2n) is 6.42. The predicted molar refractivity (Wildman–Crippen MR) is 128 cm³/mol. The monoisotopic (exact) mass is 532 g/mol. The third-order valence-electron chi connectivity index (χ3n) is 4.36. The van der Waals surface area contributed by atoms with Gasteiger partial charge in [0, 0.05) is 20.1 Å². The Labute approximate surface area is 190 Å². The van der Waals surface area contributed by atoms with Crippen LogP contribution in [0, 0.1) is 6.92 Å². The molecule has 2 rings (SSSR count). The summed E-state index contributed by atoms with van der Waals surface area (Å²) in [5.41, 5.74) is 3.33. The van der Waals surface area contributed by atoms with E-state index in [0.717, 1.165) is 42.2 Å². The van der Waals surface area contributed by atoms with E-state index in [-0.39, 0.29) is 28.9 Å². The summed E-state index contributed by atoms with van der Waals surface area (Å²) in [4.78, 5) is 4.34. The van der Waals surface area contributed by atoms with Gasteiger partial charge >= 0.3 is 0 Å². The highest BCUT2D eigenvalue weighted by molar-refractivity contribution is 14.0. The first-order valence-corrected chi connectivity index (χ1v) is 10.6. The third-order valence-corrected chi connectivity index (χ3v) is 5.29. The summed E-state index contributed by atoms with van der Waals surface area (Å²) in [5.74, 6) is 1.62. The Morgan fingerprint density at radius 2 is 1.59 bits per heavy atom. The number of sulfonamides is 1. The van der Waals surface area contributed by atoms with Crippen molar-refractivity contribution in [3.05, 3.63) is 59.2 Å². The number of nitrogens with two attached hydrogens (primary N) is 1. The molecule has 0 aliphatic rings. The van der Waals surface area contributed by atoms with Crippen molar-refractivity contribution in [1.82, 2.24) is 10.6 Å². The number of rotatable bonds is 8. The average molecular weight is 532 g/mol. The summed E-state index contributed by atoms with van der Waals surface area (Å²) in [6.45, 7) is 3.44. The Morgan fingerprint density at radius 3 is 2.10 bits per heavy atom. The summed E-state index contributed by atoms with van der Waals surface area (Å²) in [7, 11) is -0.244. The molecule has 0 spiro atoms. The third kappa shape index (κ3) is 8.19. The van der Waals surface area contributed by atoms with E-state index < -0.39 is 10.0 Å². The zero-order valence-electron chi connectivity index (χ0n) is 16.9. The standard InChI is InChI=1S/C20H28N4O3S.HI/c1-15-4-5-17(14-19(15)27-3)11-13-24-20(22-2)23-12-10-16-6-8-18(9-7-16)28(21,25)26;/h4-9,14H,10-13H2,1-3H3,(H2,21,25,26)(H2,22,23,24);1H. The molecule has 0 bridgehead atoms. The quantitative estimate of drug-likeness (QED) is 0.275. The number of aryl methyl sites for hydroxylation is 1. The molecular formula is C20H29IN4O3S. The number of guanidine groups is 1. The summed E-state index contributed by atoms with van der Waals surface area (Å²) in [6.07, 6.45) is 1.59. The van der Waals surface area contributed by atoms with Crippen LogP contribution in [0.3, 0.4) is 0 Å². The first-order valence-electron chi connectivity index (χ1n) is 9.03. The fourth-order valence-electron chi connectivity index (χ4n) is 2.74. The fraction of sp³-hybridized carbons (Fsp3) is 0.350. The van der Waals surface area contributed by atoms with Crippen molar-refractivity contribution < 1.29 is 13.2 Å². The van der Waals surface area contributed by atoms with Crippen molar-refractivity contribution in [3.8, 4) is 5.75 Å². The van der Waals surface area contributed by atoms with Gasteiger partial charge in [-0.1, -0.05) is 24.3 Å². The number of nitrogens with zero attached hydrogens (tertiary/aromatic N) is 1. The molecule has 160 valence electrons. The van der Waals surface area contributed by atoms with Crippen LogP contribution >= 0.6 is 24.0 Å². The van der Waals surface area contributed by atoms with E-state index in [0.29, 0.717) is 6.54 Å². The lowest BCUT2D eigenvalue weighted by molar-refractivity contribution is 0.411. The van der Waals surface area contributed by atoms with Gasteiger partial charge in [0.25, 0.3) is 0 Å². The van der Waals surface area contributed by atoms with Crippen molar-refractivity contribution in [2.45, 2.75) is 24.7 Å². The molecule has 0 saturated carbocycles. The lowest BCUT2D eigenvalue weighted by Gasteiger charge is -2.13. The van der Waals surface area contributed by atoms with Gasteiger partial charge in [0.2, 0.25) is 10.0 Å². The molecule has 0 aliphatic heterocycles. The maximum Gasteiger partial charge on any atom is 0.238 e. The van der Waals surface area contributed by atoms with E-state index in [1.165, 1.54) is 17.7 Å². The predicted octanol–water partition coefficient (Wildman–Crippen LogP) is 2.22. The Hall–Kier alpha value is -1.85. The average Bonchev–Trinajstić information content (AvgIpc) is 2.67. The first kappa shape index (κ1) is 25.2. The number of ether oxygens (including phenoxy) is 1. The van der Waals surface area contributed by atoms with Crippen molar-refractivity contribution in [1.29, 1.82) is 0 Å². The smallest absolute Gasteiger partial charge is 0.238 e. The molecule has 0 fully saturated rings. The Bertz CT molecular complexity index is 916. The molecule has 0 aliphatic carbocycles. The Kier molecular flexibility index (Phi) is 10.4. The number of halogens is 1. The van der Waals surface area contributed by atoms with Gasteiger partial charge in [0.15, 0.2) is 5.96 Å². The molecule has 0 aromatic heterocycles. The molecule has 4 N–H and O–H groups in total. The number of benzene rings is 2. The minimum Gasteiger partial charge on any atom is -0.496 e. The highest BCUT2D eigenvalue weighted by Crippen LogP contribution is 2.19. The van der Waals surface area contributed by atoms with Crippen LogP contribution in [0.25, 0.3) is 0 Å².